The first kappa shape index (κ1) is 14.9. The number of rotatable bonds is 3. The van der Waals surface area contributed by atoms with E-state index in [2.05, 4.69) is 9.97 Å². The Labute approximate surface area is 139 Å². The molecule has 0 amide bonds. The van der Waals surface area contributed by atoms with E-state index in [-0.39, 0.29) is 11.7 Å². The van der Waals surface area contributed by atoms with E-state index < -0.39 is 0 Å². The molecule has 1 aromatic carbocycles. The van der Waals surface area contributed by atoms with Crippen molar-refractivity contribution in [3.05, 3.63) is 40.9 Å². The third kappa shape index (κ3) is 2.58. The molecule has 1 fully saturated rings. The van der Waals surface area contributed by atoms with Crippen LogP contribution in [-0.2, 0) is 0 Å². The predicted octanol–water partition coefficient (Wildman–Crippen LogP) is 3.30. The van der Waals surface area contributed by atoms with Crippen molar-refractivity contribution in [1.82, 2.24) is 19.5 Å². The van der Waals surface area contributed by atoms with E-state index in [1.54, 1.807) is 17.9 Å². The van der Waals surface area contributed by atoms with E-state index in [0.717, 1.165) is 42.7 Å². The van der Waals surface area contributed by atoms with Gasteiger partial charge in [-0.3, -0.25) is 9.55 Å². The second kappa shape index (κ2) is 6.11. The number of H-pyrrole nitrogens is 1. The number of ether oxygens (including phenoxy) is 1. The number of aromatic nitrogens is 4. The average Bonchev–Trinajstić information content (AvgIpc) is 2.97. The van der Waals surface area contributed by atoms with Crippen LogP contribution < -0.4 is 10.4 Å². The summed E-state index contributed by atoms with van der Waals surface area (Å²) in [7, 11) is 1.64. The monoisotopic (exact) mass is 324 g/mol. The molecule has 0 atom stereocenters. The summed E-state index contributed by atoms with van der Waals surface area (Å²) in [5, 5.41) is 0. The maximum atomic E-state index is 12.4. The Hall–Kier alpha value is -2.63. The molecule has 0 unspecified atom stereocenters. The Balaban J connectivity index is 1.83. The lowest BCUT2D eigenvalue weighted by molar-refractivity contribution is 0.352. The molecule has 24 heavy (non-hydrogen) atoms. The Morgan fingerprint density at radius 1 is 1.25 bits per heavy atom. The maximum absolute atomic E-state index is 12.4. The van der Waals surface area contributed by atoms with Gasteiger partial charge in [0, 0.05) is 11.6 Å². The van der Waals surface area contributed by atoms with Crippen molar-refractivity contribution < 1.29 is 4.74 Å². The van der Waals surface area contributed by atoms with Crippen molar-refractivity contribution in [2.24, 2.45) is 0 Å². The quantitative estimate of drug-likeness (QED) is 0.802. The third-order valence-corrected chi connectivity index (χ3v) is 4.73. The number of fused-ring (bicyclic) bond motifs is 1. The van der Waals surface area contributed by atoms with Crippen LogP contribution in [0.5, 0.6) is 5.75 Å². The summed E-state index contributed by atoms with van der Waals surface area (Å²) < 4.78 is 7.07. The van der Waals surface area contributed by atoms with Crippen LogP contribution in [0.3, 0.4) is 0 Å². The summed E-state index contributed by atoms with van der Waals surface area (Å²) in [6.45, 7) is 0. The minimum Gasteiger partial charge on any atom is -0.497 e. The van der Waals surface area contributed by atoms with Crippen molar-refractivity contribution >= 4 is 11.3 Å². The van der Waals surface area contributed by atoms with Crippen LogP contribution in [0, 0.1) is 0 Å². The second-order valence-electron chi connectivity index (χ2n) is 6.25. The summed E-state index contributed by atoms with van der Waals surface area (Å²) in [5.41, 5.74) is 2.75. The fourth-order valence-electron chi connectivity index (χ4n) is 3.49. The fraction of sp³-hybridized carbons (Fsp3) is 0.389. The van der Waals surface area contributed by atoms with Gasteiger partial charge < -0.3 is 4.74 Å². The molecule has 6 heteroatoms. The minimum absolute atomic E-state index is 0.111. The van der Waals surface area contributed by atoms with E-state index in [4.69, 9.17) is 9.72 Å². The summed E-state index contributed by atoms with van der Waals surface area (Å²) in [6, 6.07) is 7.92. The first-order valence-corrected chi connectivity index (χ1v) is 8.38. The molecule has 1 saturated carbocycles. The zero-order chi connectivity index (χ0) is 16.5. The predicted molar refractivity (Wildman–Crippen MR) is 92.3 cm³/mol. The van der Waals surface area contributed by atoms with Gasteiger partial charge in [0.1, 0.15) is 5.75 Å². The van der Waals surface area contributed by atoms with Gasteiger partial charge in [0.2, 0.25) is 0 Å². The highest BCUT2D eigenvalue weighted by molar-refractivity contribution is 5.71. The van der Waals surface area contributed by atoms with Gasteiger partial charge in [-0.2, -0.15) is 0 Å². The number of hydrogen-bond donors (Lipinski definition) is 1. The first-order valence-electron chi connectivity index (χ1n) is 8.38. The molecule has 0 aliphatic heterocycles. The molecule has 0 bridgehead atoms. The highest BCUT2D eigenvalue weighted by Gasteiger charge is 2.21. The van der Waals surface area contributed by atoms with Gasteiger partial charge in [-0.25, -0.2) is 14.8 Å². The Kier molecular flexibility index (Phi) is 3.80. The molecule has 1 aliphatic rings. The minimum atomic E-state index is -0.111. The van der Waals surface area contributed by atoms with Crippen molar-refractivity contribution in [3.8, 4) is 17.0 Å². The molecular weight excluding hydrogens is 304 g/mol. The van der Waals surface area contributed by atoms with Gasteiger partial charge in [0.15, 0.2) is 11.3 Å². The molecule has 124 valence electrons. The van der Waals surface area contributed by atoms with Crippen LogP contribution in [0.4, 0.5) is 0 Å². The summed E-state index contributed by atoms with van der Waals surface area (Å²) >= 11 is 0. The van der Waals surface area contributed by atoms with Gasteiger partial charge in [0.05, 0.1) is 19.0 Å². The van der Waals surface area contributed by atoms with Crippen molar-refractivity contribution in [2.75, 3.05) is 7.11 Å². The van der Waals surface area contributed by atoms with Crippen molar-refractivity contribution in [2.45, 2.75) is 38.1 Å². The lowest BCUT2D eigenvalue weighted by Crippen LogP contribution is -2.24. The van der Waals surface area contributed by atoms with Crippen LogP contribution in [0.15, 0.2) is 35.3 Å². The lowest BCUT2D eigenvalue weighted by Gasteiger charge is -2.22. The Bertz CT molecular complexity index is 922. The Morgan fingerprint density at radius 2 is 2.08 bits per heavy atom. The van der Waals surface area contributed by atoms with E-state index in [9.17, 15) is 4.79 Å². The highest BCUT2D eigenvalue weighted by atomic mass is 16.5. The van der Waals surface area contributed by atoms with Crippen LogP contribution >= 0.6 is 0 Å². The number of hydrogen-bond acceptors (Lipinski definition) is 4. The van der Waals surface area contributed by atoms with Gasteiger partial charge in [-0.05, 0) is 25.0 Å². The van der Waals surface area contributed by atoms with Crippen LogP contribution in [0.25, 0.3) is 22.6 Å². The zero-order valence-electron chi connectivity index (χ0n) is 13.7. The van der Waals surface area contributed by atoms with E-state index >= 15 is 0 Å². The van der Waals surface area contributed by atoms with Gasteiger partial charge in [-0.15, -0.1) is 0 Å². The molecule has 3 aromatic rings. The number of aromatic amines is 1. The normalized spacial score (nSPS) is 15.7. The van der Waals surface area contributed by atoms with E-state index in [1.165, 1.54) is 6.42 Å². The molecular formula is C18H20N4O2. The largest absolute Gasteiger partial charge is 0.497 e. The van der Waals surface area contributed by atoms with Crippen molar-refractivity contribution in [1.29, 1.82) is 0 Å². The smallest absolute Gasteiger partial charge is 0.329 e. The number of nitrogens with one attached hydrogen (secondary N) is 1. The molecule has 1 N–H and O–H groups in total. The number of imidazole rings is 1. The molecule has 0 saturated heterocycles. The molecule has 2 aromatic heterocycles. The molecule has 1 aliphatic carbocycles. The SMILES string of the molecule is COc1cccc(-c2cnc3[nH]c(=O)n(C4CCCCC4)c3n2)c1. The van der Waals surface area contributed by atoms with Gasteiger partial charge >= 0.3 is 5.69 Å². The molecule has 6 nitrogen and oxygen atoms in total. The van der Waals surface area contributed by atoms with Crippen LogP contribution in [0.2, 0.25) is 0 Å². The topological polar surface area (TPSA) is 72.8 Å². The Morgan fingerprint density at radius 3 is 2.88 bits per heavy atom. The first-order chi connectivity index (χ1) is 11.8. The number of nitrogens with zero attached hydrogens (tertiary/aromatic N) is 3. The van der Waals surface area contributed by atoms with E-state index in [0.29, 0.717) is 11.3 Å². The number of benzene rings is 1. The number of methoxy groups -OCH3 is 1. The fourth-order valence-corrected chi connectivity index (χ4v) is 3.49. The lowest BCUT2D eigenvalue weighted by atomic mass is 9.95. The summed E-state index contributed by atoms with van der Waals surface area (Å²) in [5.74, 6) is 0.771. The average molecular weight is 324 g/mol. The molecule has 2 heterocycles. The highest BCUT2D eigenvalue weighted by Crippen LogP contribution is 2.29. The second-order valence-corrected chi connectivity index (χ2v) is 6.25. The van der Waals surface area contributed by atoms with Crippen LogP contribution in [0.1, 0.15) is 38.1 Å². The van der Waals surface area contributed by atoms with Gasteiger partial charge in [-0.1, -0.05) is 31.4 Å². The van der Waals surface area contributed by atoms with Gasteiger partial charge in [0.25, 0.3) is 0 Å². The van der Waals surface area contributed by atoms with Crippen molar-refractivity contribution in [3.63, 3.8) is 0 Å². The summed E-state index contributed by atoms with van der Waals surface area (Å²) in [6.07, 6.45) is 7.31. The molecule has 4 rings (SSSR count). The third-order valence-electron chi connectivity index (χ3n) is 4.73. The van der Waals surface area contributed by atoms with E-state index in [1.807, 2.05) is 24.3 Å². The molecule has 0 spiro atoms. The zero-order valence-corrected chi connectivity index (χ0v) is 13.7. The molecule has 0 radical (unpaired) electrons. The van der Waals surface area contributed by atoms with Crippen LogP contribution in [-0.4, -0.2) is 26.6 Å². The maximum Gasteiger partial charge on any atom is 0.329 e. The standard InChI is InChI=1S/C18H20N4O2/c1-24-14-9-5-6-12(10-14)15-11-19-16-17(20-15)22(18(23)21-16)13-7-3-2-4-8-13/h5-6,9-11,13H,2-4,7-8H2,1H3,(H,19,21,23). The summed E-state index contributed by atoms with van der Waals surface area (Å²) in [4.78, 5) is 24.4.